The molecular formula is C22H32P2S2. The van der Waals surface area contributed by atoms with Gasteiger partial charge in [-0.25, -0.2) is 0 Å². The molecule has 0 aromatic heterocycles. The van der Waals surface area contributed by atoms with Gasteiger partial charge < -0.3 is 0 Å². The van der Waals surface area contributed by atoms with Gasteiger partial charge in [-0.3, -0.25) is 0 Å². The number of aryl methyl sites for hydroxylation is 6. The zero-order valence-corrected chi connectivity index (χ0v) is 20.9. The van der Waals surface area contributed by atoms with Crippen molar-refractivity contribution >= 4 is 47.6 Å². The quantitative estimate of drug-likeness (QED) is 0.440. The first-order valence-electron chi connectivity index (χ1n) is 9.07. The molecule has 0 saturated heterocycles. The van der Waals surface area contributed by atoms with Gasteiger partial charge >= 0.3 is 0 Å². The molecule has 0 nitrogen and oxygen atoms in total. The molecule has 0 amide bonds. The fourth-order valence-electron chi connectivity index (χ4n) is 3.90. The van der Waals surface area contributed by atoms with Crippen molar-refractivity contribution in [2.45, 2.75) is 41.5 Å². The minimum Gasteiger partial charge on any atom is -0.133 e. The molecule has 2 atom stereocenters. The molecule has 0 heterocycles. The highest BCUT2D eigenvalue weighted by molar-refractivity contribution is 8.59. The Morgan fingerprint density at radius 2 is 0.846 bits per heavy atom. The minimum atomic E-state index is -0.142. The Morgan fingerprint density at radius 1 is 0.577 bits per heavy atom. The van der Waals surface area contributed by atoms with E-state index in [0.717, 1.165) is 0 Å². The lowest BCUT2D eigenvalue weighted by atomic mass is 10.1. The van der Waals surface area contributed by atoms with Gasteiger partial charge in [-0.2, -0.15) is 0 Å². The topological polar surface area (TPSA) is 0 Å². The largest absolute Gasteiger partial charge is 0.133 e. The van der Waals surface area contributed by atoms with Gasteiger partial charge in [-0.1, -0.05) is 35.4 Å². The van der Waals surface area contributed by atoms with Gasteiger partial charge in [0.2, 0.25) is 0 Å². The maximum atomic E-state index is 2.36. The lowest BCUT2D eigenvalue weighted by Crippen LogP contribution is -2.15. The second-order valence-corrected chi connectivity index (χ2v) is 15.9. The van der Waals surface area contributed by atoms with E-state index in [0.29, 0.717) is 0 Å². The molecule has 0 unspecified atom stereocenters. The molecule has 0 radical (unpaired) electrons. The van der Waals surface area contributed by atoms with Crippen LogP contribution in [-0.4, -0.2) is 24.8 Å². The van der Waals surface area contributed by atoms with Crippen molar-refractivity contribution < 1.29 is 0 Å². The Balaban J connectivity index is 2.24. The predicted molar refractivity (Wildman–Crippen MR) is 131 cm³/mol. The summed E-state index contributed by atoms with van der Waals surface area (Å²) in [6.07, 6.45) is 7.24. The zero-order valence-electron chi connectivity index (χ0n) is 17.4. The SMILES string of the molecule is CS[P@@](CC[P@@](SC)c1c(C)cc(C)cc1C)c1c(C)cc(C)cc1C. The Morgan fingerprint density at radius 3 is 1.08 bits per heavy atom. The molecule has 0 aliphatic heterocycles. The number of rotatable bonds is 7. The van der Waals surface area contributed by atoms with Crippen LogP contribution in [0.2, 0.25) is 0 Å². The van der Waals surface area contributed by atoms with Crippen molar-refractivity contribution in [1.29, 1.82) is 0 Å². The maximum absolute atomic E-state index is 2.36. The summed E-state index contributed by atoms with van der Waals surface area (Å²) in [5, 5.41) is 3.26. The molecule has 2 aromatic carbocycles. The van der Waals surface area contributed by atoms with Crippen LogP contribution in [-0.2, 0) is 0 Å². The standard InChI is InChI=1S/C22H32P2S2/c1-15-11-17(3)21(18(4)12-15)23(25-7)9-10-24(26-8)22-19(5)13-16(2)14-20(22)6/h11-14H,9-10H2,1-8H3/t23-,24+. The van der Waals surface area contributed by atoms with Gasteiger partial charge in [-0.05, 0) is 113 Å². The summed E-state index contributed by atoms with van der Waals surface area (Å²) < 4.78 is 0. The van der Waals surface area contributed by atoms with Crippen LogP contribution in [0, 0.1) is 41.5 Å². The Kier molecular flexibility index (Phi) is 8.55. The molecule has 142 valence electrons. The molecule has 26 heavy (non-hydrogen) atoms. The minimum absolute atomic E-state index is 0.142. The van der Waals surface area contributed by atoms with E-state index >= 15 is 0 Å². The second-order valence-electron chi connectivity index (χ2n) is 7.06. The molecule has 0 bridgehead atoms. The average Bonchev–Trinajstić information content (AvgIpc) is 2.53. The van der Waals surface area contributed by atoms with Gasteiger partial charge in [0.15, 0.2) is 0 Å². The van der Waals surface area contributed by atoms with Crippen LogP contribution in [0.4, 0.5) is 0 Å². The lowest BCUT2D eigenvalue weighted by molar-refractivity contribution is 1.35. The fourth-order valence-corrected chi connectivity index (χ4v) is 13.8. The predicted octanol–water partition coefficient (Wildman–Crippen LogP) is 7.01. The third-order valence-corrected chi connectivity index (χ3v) is 14.5. The van der Waals surface area contributed by atoms with E-state index in [1.54, 1.807) is 10.6 Å². The molecule has 2 aromatic rings. The first-order valence-corrected chi connectivity index (χ1v) is 15.8. The van der Waals surface area contributed by atoms with E-state index in [1.165, 1.54) is 45.7 Å². The third-order valence-electron chi connectivity index (χ3n) is 4.72. The summed E-state index contributed by atoms with van der Waals surface area (Å²) >= 11 is 4.16. The first-order chi connectivity index (χ1) is 12.3. The molecular weight excluding hydrogens is 390 g/mol. The van der Waals surface area contributed by atoms with E-state index < -0.39 is 0 Å². The van der Waals surface area contributed by atoms with Crippen LogP contribution in [0.1, 0.15) is 33.4 Å². The van der Waals surface area contributed by atoms with E-state index in [1.807, 2.05) is 0 Å². The van der Waals surface area contributed by atoms with Gasteiger partial charge in [0.25, 0.3) is 0 Å². The van der Waals surface area contributed by atoms with Crippen molar-refractivity contribution in [2.75, 3.05) is 24.8 Å². The molecule has 0 spiro atoms. The maximum Gasteiger partial charge on any atom is -0.00792 e. The van der Waals surface area contributed by atoms with Crippen LogP contribution in [0.15, 0.2) is 24.3 Å². The average molecular weight is 423 g/mol. The van der Waals surface area contributed by atoms with Gasteiger partial charge in [0.1, 0.15) is 0 Å². The highest BCUT2D eigenvalue weighted by Gasteiger charge is 2.20. The summed E-state index contributed by atoms with van der Waals surface area (Å²) in [5.74, 6) is 0. The molecule has 0 N–H and O–H groups in total. The van der Waals surface area contributed by atoms with Crippen molar-refractivity contribution in [2.24, 2.45) is 0 Å². The molecule has 0 aliphatic carbocycles. The van der Waals surface area contributed by atoms with Gasteiger partial charge in [-0.15, -0.1) is 22.8 Å². The summed E-state index contributed by atoms with van der Waals surface area (Å²) in [7, 11) is -0.284. The Hall–Kier alpha value is 0.000000000000000444. The summed E-state index contributed by atoms with van der Waals surface area (Å²) in [5.41, 5.74) is 8.71. The Labute approximate surface area is 171 Å². The molecule has 0 fully saturated rings. The van der Waals surface area contributed by atoms with Gasteiger partial charge in [0, 0.05) is 0 Å². The van der Waals surface area contributed by atoms with Crippen LogP contribution < -0.4 is 10.6 Å². The monoisotopic (exact) mass is 422 g/mol. The van der Waals surface area contributed by atoms with E-state index in [-0.39, 0.29) is 14.2 Å². The van der Waals surface area contributed by atoms with Gasteiger partial charge in [0.05, 0.1) is 0 Å². The normalized spacial score (nSPS) is 13.7. The third kappa shape index (κ3) is 5.29. The number of hydrogen-bond acceptors (Lipinski definition) is 2. The van der Waals surface area contributed by atoms with Crippen LogP contribution in [0.3, 0.4) is 0 Å². The highest BCUT2D eigenvalue weighted by atomic mass is 32.7. The summed E-state index contributed by atoms with van der Waals surface area (Å²) in [6.45, 7) is 13.6. The molecule has 2 rings (SSSR count). The molecule has 0 saturated carbocycles. The molecule has 4 heteroatoms. The lowest BCUT2D eigenvalue weighted by Gasteiger charge is -2.25. The van der Waals surface area contributed by atoms with E-state index in [9.17, 15) is 0 Å². The fraction of sp³-hybridized carbons (Fsp3) is 0.455. The summed E-state index contributed by atoms with van der Waals surface area (Å²) in [4.78, 5) is 0. The number of benzene rings is 2. The summed E-state index contributed by atoms with van der Waals surface area (Å²) in [6, 6.07) is 9.44. The van der Waals surface area contributed by atoms with E-state index in [4.69, 9.17) is 0 Å². The highest BCUT2D eigenvalue weighted by Crippen LogP contribution is 2.55. The first kappa shape index (κ1) is 22.3. The number of hydrogen-bond donors (Lipinski definition) is 0. The molecule has 0 aliphatic rings. The van der Waals surface area contributed by atoms with Crippen molar-refractivity contribution in [1.82, 2.24) is 0 Å². The van der Waals surface area contributed by atoms with Crippen LogP contribution in [0.5, 0.6) is 0 Å². The van der Waals surface area contributed by atoms with Crippen molar-refractivity contribution in [3.8, 4) is 0 Å². The Bertz CT molecular complexity index is 659. The van der Waals surface area contributed by atoms with Crippen LogP contribution in [0.25, 0.3) is 0 Å². The smallest absolute Gasteiger partial charge is 0.00792 e. The van der Waals surface area contributed by atoms with E-state index in [2.05, 4.69) is 101 Å². The van der Waals surface area contributed by atoms with Crippen molar-refractivity contribution in [3.05, 3.63) is 57.6 Å². The zero-order chi connectivity index (χ0) is 19.4. The van der Waals surface area contributed by atoms with Crippen molar-refractivity contribution in [3.63, 3.8) is 0 Å². The second kappa shape index (κ2) is 9.97. The van der Waals surface area contributed by atoms with Crippen LogP contribution >= 0.6 is 37.0 Å².